The maximum Gasteiger partial charge on any atom is 0.142 e. The first-order valence-corrected chi connectivity index (χ1v) is 7.00. The van der Waals surface area contributed by atoms with Crippen LogP contribution < -0.4 is 0 Å². The molecular formula is C13H16BrN3O. The molecule has 0 radical (unpaired) electrons. The Morgan fingerprint density at radius 1 is 1.39 bits per heavy atom. The summed E-state index contributed by atoms with van der Waals surface area (Å²) in [7, 11) is 2.15. The van der Waals surface area contributed by atoms with Crippen LogP contribution in [0.25, 0.3) is 5.52 Å². The Morgan fingerprint density at radius 2 is 2.11 bits per heavy atom. The van der Waals surface area contributed by atoms with E-state index in [9.17, 15) is 5.11 Å². The maximum atomic E-state index is 9.91. The Bertz CT molecular complexity index is 573. The van der Waals surface area contributed by atoms with Crippen molar-refractivity contribution in [1.82, 2.24) is 14.3 Å². The summed E-state index contributed by atoms with van der Waals surface area (Å²) in [5.74, 6) is 1.80. The van der Waals surface area contributed by atoms with Gasteiger partial charge < -0.3 is 10.0 Å². The Balaban J connectivity index is 2.05. The molecule has 0 atom stereocenters. The highest BCUT2D eigenvalue weighted by Gasteiger charge is 2.24. The summed E-state index contributed by atoms with van der Waals surface area (Å²) in [6.45, 7) is 2.21. The third kappa shape index (κ3) is 1.91. The Hall–Kier alpha value is -1.07. The highest BCUT2D eigenvalue weighted by atomic mass is 79.9. The van der Waals surface area contributed by atoms with Crippen LogP contribution >= 0.6 is 15.9 Å². The number of fused-ring (bicyclic) bond motifs is 1. The molecule has 0 aliphatic carbocycles. The molecule has 1 fully saturated rings. The second kappa shape index (κ2) is 4.55. The molecule has 96 valence electrons. The van der Waals surface area contributed by atoms with E-state index in [1.807, 2.05) is 16.7 Å². The first-order chi connectivity index (χ1) is 8.66. The van der Waals surface area contributed by atoms with Crippen LogP contribution in [0.4, 0.5) is 0 Å². The van der Waals surface area contributed by atoms with Crippen molar-refractivity contribution < 1.29 is 5.11 Å². The molecule has 1 aliphatic rings. The van der Waals surface area contributed by atoms with Crippen molar-refractivity contribution in [2.75, 3.05) is 20.1 Å². The zero-order chi connectivity index (χ0) is 12.7. The van der Waals surface area contributed by atoms with Crippen molar-refractivity contribution in [3.8, 4) is 5.75 Å². The number of aromatic nitrogens is 2. The van der Waals surface area contributed by atoms with Gasteiger partial charge in [-0.1, -0.05) is 0 Å². The lowest BCUT2D eigenvalue weighted by molar-refractivity contribution is 0.251. The highest BCUT2D eigenvalue weighted by molar-refractivity contribution is 9.10. The molecule has 0 aromatic carbocycles. The van der Waals surface area contributed by atoms with Crippen LogP contribution in [0, 0.1) is 0 Å². The molecular weight excluding hydrogens is 294 g/mol. The molecule has 18 heavy (non-hydrogen) atoms. The van der Waals surface area contributed by atoms with Gasteiger partial charge >= 0.3 is 0 Å². The number of rotatable bonds is 1. The summed E-state index contributed by atoms with van der Waals surface area (Å²) in [5.41, 5.74) is 0.770. The van der Waals surface area contributed by atoms with E-state index < -0.39 is 0 Å². The van der Waals surface area contributed by atoms with Crippen LogP contribution in [0.5, 0.6) is 5.75 Å². The monoisotopic (exact) mass is 309 g/mol. The quantitative estimate of drug-likeness (QED) is 0.880. The molecule has 0 bridgehead atoms. The fraction of sp³-hybridized carbons (Fsp3) is 0.462. The SMILES string of the molecule is CN1CCC(c2nc(Br)c3c(O)cccn23)CC1. The van der Waals surface area contributed by atoms with Gasteiger partial charge in [-0.05, 0) is 61.0 Å². The van der Waals surface area contributed by atoms with E-state index in [0.29, 0.717) is 5.92 Å². The minimum atomic E-state index is 0.274. The maximum absolute atomic E-state index is 9.91. The average Bonchev–Trinajstić information content (AvgIpc) is 2.69. The number of aromatic hydroxyl groups is 1. The van der Waals surface area contributed by atoms with E-state index in [2.05, 4.69) is 32.9 Å². The number of hydrogen-bond acceptors (Lipinski definition) is 3. The second-order valence-corrected chi connectivity index (χ2v) is 5.70. The van der Waals surface area contributed by atoms with E-state index >= 15 is 0 Å². The van der Waals surface area contributed by atoms with Crippen molar-refractivity contribution in [3.05, 3.63) is 28.8 Å². The van der Waals surface area contributed by atoms with Gasteiger partial charge in [-0.2, -0.15) is 0 Å². The number of piperidine rings is 1. The van der Waals surface area contributed by atoms with Crippen LogP contribution in [-0.2, 0) is 0 Å². The molecule has 0 spiro atoms. The normalized spacial score (nSPS) is 18.6. The minimum absolute atomic E-state index is 0.274. The van der Waals surface area contributed by atoms with Gasteiger partial charge in [0.2, 0.25) is 0 Å². The third-order valence-electron chi connectivity index (χ3n) is 3.71. The first-order valence-electron chi connectivity index (χ1n) is 6.21. The highest BCUT2D eigenvalue weighted by Crippen LogP contribution is 2.33. The van der Waals surface area contributed by atoms with Gasteiger partial charge in [0, 0.05) is 12.1 Å². The van der Waals surface area contributed by atoms with Crippen LogP contribution in [0.15, 0.2) is 22.9 Å². The molecule has 0 unspecified atom stereocenters. The zero-order valence-corrected chi connectivity index (χ0v) is 11.9. The van der Waals surface area contributed by atoms with E-state index in [1.54, 1.807) is 6.07 Å². The molecule has 4 nitrogen and oxygen atoms in total. The molecule has 5 heteroatoms. The van der Waals surface area contributed by atoms with Crippen molar-refractivity contribution >= 4 is 21.4 Å². The van der Waals surface area contributed by atoms with Crippen molar-refractivity contribution in [1.29, 1.82) is 0 Å². The fourth-order valence-electron chi connectivity index (χ4n) is 2.66. The summed E-state index contributed by atoms with van der Waals surface area (Å²) in [6.07, 6.45) is 4.22. The number of imidazole rings is 1. The Labute approximate surface area is 114 Å². The molecule has 1 saturated heterocycles. The molecule has 0 amide bonds. The minimum Gasteiger partial charge on any atom is -0.506 e. The van der Waals surface area contributed by atoms with Gasteiger partial charge in [-0.3, -0.25) is 4.40 Å². The molecule has 1 aliphatic heterocycles. The Morgan fingerprint density at radius 3 is 2.83 bits per heavy atom. The second-order valence-electron chi connectivity index (χ2n) is 4.95. The lowest BCUT2D eigenvalue weighted by Gasteiger charge is -2.28. The summed E-state index contributed by atoms with van der Waals surface area (Å²) < 4.78 is 2.74. The zero-order valence-electron chi connectivity index (χ0n) is 10.3. The summed E-state index contributed by atoms with van der Waals surface area (Å²) in [6, 6.07) is 3.55. The van der Waals surface area contributed by atoms with Crippen LogP contribution in [0.2, 0.25) is 0 Å². The molecule has 2 aromatic heterocycles. The van der Waals surface area contributed by atoms with Gasteiger partial charge in [0.25, 0.3) is 0 Å². The van der Waals surface area contributed by atoms with Crippen LogP contribution in [0.3, 0.4) is 0 Å². The van der Waals surface area contributed by atoms with E-state index in [1.165, 1.54) is 0 Å². The van der Waals surface area contributed by atoms with Gasteiger partial charge in [-0.25, -0.2) is 4.98 Å². The number of pyridine rings is 1. The van der Waals surface area contributed by atoms with Gasteiger partial charge in [0.05, 0.1) is 0 Å². The smallest absolute Gasteiger partial charge is 0.142 e. The van der Waals surface area contributed by atoms with E-state index in [0.717, 1.165) is 41.9 Å². The third-order valence-corrected chi connectivity index (χ3v) is 4.26. The molecule has 3 heterocycles. The largest absolute Gasteiger partial charge is 0.506 e. The number of likely N-dealkylation sites (tertiary alicyclic amines) is 1. The lowest BCUT2D eigenvalue weighted by Crippen LogP contribution is -2.29. The summed E-state index contributed by atoms with van der Waals surface area (Å²) in [5, 5.41) is 9.91. The number of nitrogens with zero attached hydrogens (tertiary/aromatic N) is 3. The molecule has 0 saturated carbocycles. The average molecular weight is 310 g/mol. The van der Waals surface area contributed by atoms with Crippen molar-refractivity contribution in [2.45, 2.75) is 18.8 Å². The van der Waals surface area contributed by atoms with E-state index in [4.69, 9.17) is 0 Å². The summed E-state index contributed by atoms with van der Waals surface area (Å²) in [4.78, 5) is 6.95. The summed E-state index contributed by atoms with van der Waals surface area (Å²) >= 11 is 3.44. The predicted octanol–water partition coefficient (Wildman–Crippen LogP) is 2.61. The topological polar surface area (TPSA) is 40.8 Å². The Kier molecular flexibility index (Phi) is 3.03. The molecule has 2 aromatic rings. The van der Waals surface area contributed by atoms with Crippen molar-refractivity contribution in [3.63, 3.8) is 0 Å². The number of hydrogen-bond donors (Lipinski definition) is 1. The van der Waals surface area contributed by atoms with Gasteiger partial charge in [-0.15, -0.1) is 0 Å². The predicted molar refractivity (Wildman–Crippen MR) is 74.0 cm³/mol. The first kappa shape index (κ1) is 12.0. The van der Waals surface area contributed by atoms with E-state index in [-0.39, 0.29) is 5.75 Å². The van der Waals surface area contributed by atoms with Crippen molar-refractivity contribution in [2.24, 2.45) is 0 Å². The van der Waals surface area contributed by atoms with Gasteiger partial charge in [0.15, 0.2) is 0 Å². The molecule has 3 rings (SSSR count). The van der Waals surface area contributed by atoms with Crippen LogP contribution in [0.1, 0.15) is 24.6 Å². The van der Waals surface area contributed by atoms with Crippen LogP contribution in [-0.4, -0.2) is 39.5 Å². The molecule has 1 N–H and O–H groups in total. The fourth-order valence-corrected chi connectivity index (χ4v) is 3.23. The number of halogens is 1. The van der Waals surface area contributed by atoms with Gasteiger partial charge in [0.1, 0.15) is 21.7 Å². The standard InChI is InChI=1S/C13H16BrN3O/c1-16-7-4-9(5-8-16)13-15-12(14)11-10(18)3-2-6-17(11)13/h2-3,6,9,18H,4-5,7-8H2,1H3. The lowest BCUT2D eigenvalue weighted by atomic mass is 9.96.